The van der Waals surface area contributed by atoms with E-state index in [2.05, 4.69) is 20.8 Å². The first-order valence-electron chi connectivity index (χ1n) is 9.00. The molecule has 3 rings (SSSR count). The lowest BCUT2D eigenvalue weighted by atomic mass is 9.86. The van der Waals surface area contributed by atoms with Crippen LogP contribution in [0.5, 0.6) is 23.0 Å². The fourth-order valence-corrected chi connectivity index (χ4v) is 4.54. The van der Waals surface area contributed by atoms with Gasteiger partial charge in [-0.05, 0) is 58.7 Å². The fourth-order valence-electron chi connectivity index (χ4n) is 3.82. The van der Waals surface area contributed by atoms with E-state index in [0.29, 0.717) is 27.5 Å². The average Bonchev–Trinajstić information content (AvgIpc) is 2.71. The molecule has 0 bridgehead atoms. The summed E-state index contributed by atoms with van der Waals surface area (Å²) in [5.74, 6) is 2.52. The van der Waals surface area contributed by atoms with Gasteiger partial charge in [-0.25, -0.2) is 0 Å². The topological polar surface area (TPSA) is 60.4 Å². The van der Waals surface area contributed by atoms with Gasteiger partial charge in [0.15, 0.2) is 23.0 Å². The van der Waals surface area contributed by atoms with E-state index in [1.165, 1.54) is 0 Å². The third-order valence-electron chi connectivity index (χ3n) is 5.31. The Labute approximate surface area is 174 Å². The van der Waals surface area contributed by atoms with E-state index >= 15 is 0 Å². The van der Waals surface area contributed by atoms with Gasteiger partial charge in [-0.3, -0.25) is 4.90 Å². The molecule has 0 aliphatic carbocycles. The molecule has 0 unspecified atom stereocenters. The van der Waals surface area contributed by atoms with Crippen molar-refractivity contribution in [2.75, 3.05) is 42.0 Å². The molecule has 2 aromatic carbocycles. The highest BCUT2D eigenvalue weighted by Gasteiger charge is 2.34. The molecule has 1 aliphatic heterocycles. The number of likely N-dealkylation sites (N-methyl/N-ethyl adjacent to an activating group) is 1. The van der Waals surface area contributed by atoms with Crippen molar-refractivity contribution < 1.29 is 24.1 Å². The predicted molar refractivity (Wildman–Crippen MR) is 111 cm³/mol. The second-order valence-corrected chi connectivity index (χ2v) is 7.52. The fraction of sp³-hybridized carbons (Fsp3) is 0.429. The summed E-state index contributed by atoms with van der Waals surface area (Å²) < 4.78 is 22.4. The molecule has 0 radical (unpaired) electrons. The monoisotopic (exact) mass is 451 g/mol. The van der Waals surface area contributed by atoms with Crippen LogP contribution in [0.25, 0.3) is 0 Å². The van der Waals surface area contributed by atoms with Gasteiger partial charge >= 0.3 is 0 Å². The number of nitrogens with zero attached hydrogens (tertiary/aromatic N) is 1. The van der Waals surface area contributed by atoms with Crippen LogP contribution in [0.1, 0.15) is 28.8 Å². The zero-order valence-electron chi connectivity index (χ0n) is 16.8. The minimum absolute atomic E-state index is 0.238. The number of benzene rings is 2. The van der Waals surface area contributed by atoms with E-state index in [1.54, 1.807) is 34.5 Å². The molecule has 0 saturated carbocycles. The summed E-state index contributed by atoms with van der Waals surface area (Å²) in [5.41, 5.74) is 2.91. The number of halogens is 1. The molecule has 2 aromatic rings. The highest BCUT2D eigenvalue weighted by Crippen LogP contribution is 2.47. The summed E-state index contributed by atoms with van der Waals surface area (Å²) in [5, 5.41) is 11.4. The van der Waals surface area contributed by atoms with Gasteiger partial charge in [-0.1, -0.05) is 6.07 Å². The van der Waals surface area contributed by atoms with E-state index in [-0.39, 0.29) is 6.04 Å². The summed E-state index contributed by atoms with van der Waals surface area (Å²) in [6, 6.07) is 7.40. The Bertz CT molecular complexity index is 857. The number of aliphatic hydroxyl groups is 1. The van der Waals surface area contributed by atoms with E-state index in [0.717, 1.165) is 29.7 Å². The molecule has 28 heavy (non-hydrogen) atoms. The highest BCUT2D eigenvalue weighted by atomic mass is 79.9. The van der Waals surface area contributed by atoms with Crippen LogP contribution in [0.4, 0.5) is 0 Å². The molecule has 1 aliphatic rings. The second-order valence-electron chi connectivity index (χ2n) is 6.73. The molecule has 0 aromatic heterocycles. The third-order valence-corrected chi connectivity index (χ3v) is 6.12. The third kappa shape index (κ3) is 3.54. The van der Waals surface area contributed by atoms with Crippen molar-refractivity contribution >= 4 is 15.9 Å². The molecule has 0 amide bonds. The predicted octanol–water partition coefficient (Wildman–Crippen LogP) is 3.75. The van der Waals surface area contributed by atoms with Gasteiger partial charge < -0.3 is 24.1 Å². The largest absolute Gasteiger partial charge is 0.493 e. The zero-order valence-corrected chi connectivity index (χ0v) is 18.4. The minimum atomic E-state index is -0.781. The van der Waals surface area contributed by atoms with Crippen LogP contribution in [0, 0.1) is 0 Å². The van der Waals surface area contributed by atoms with Crippen LogP contribution < -0.4 is 18.9 Å². The summed E-state index contributed by atoms with van der Waals surface area (Å²) in [4.78, 5) is 2.15. The van der Waals surface area contributed by atoms with Gasteiger partial charge in [0.05, 0.1) is 45.1 Å². The summed E-state index contributed by atoms with van der Waals surface area (Å²) >= 11 is 3.58. The van der Waals surface area contributed by atoms with Crippen molar-refractivity contribution in [1.82, 2.24) is 4.90 Å². The molecule has 0 fully saturated rings. The quantitative estimate of drug-likeness (QED) is 0.721. The smallest absolute Gasteiger partial charge is 0.175 e. The Morgan fingerprint density at radius 1 is 1.00 bits per heavy atom. The van der Waals surface area contributed by atoms with Gasteiger partial charge in [-0.2, -0.15) is 0 Å². The lowest BCUT2D eigenvalue weighted by Gasteiger charge is -2.38. The number of rotatable bonds is 6. The standard InChI is InChI=1S/C21H26BrNO5/c1-23-9-8-12-10-16(26-3)17(27-4)11-14(12)19(23)20(24)13-6-7-15(25-2)21(28-5)18(13)22/h6-7,10-11,19-20,24H,8-9H2,1-5H3/t19-,20-/m1/s1. The molecule has 6 nitrogen and oxygen atoms in total. The van der Waals surface area contributed by atoms with Crippen LogP contribution in [0.2, 0.25) is 0 Å². The highest BCUT2D eigenvalue weighted by molar-refractivity contribution is 9.10. The van der Waals surface area contributed by atoms with Crippen molar-refractivity contribution in [2.24, 2.45) is 0 Å². The van der Waals surface area contributed by atoms with Crippen molar-refractivity contribution in [3.8, 4) is 23.0 Å². The first kappa shape index (κ1) is 20.8. The number of methoxy groups -OCH3 is 4. The molecule has 2 atom stereocenters. The summed E-state index contributed by atoms with van der Waals surface area (Å²) in [6.07, 6.45) is 0.0963. The summed E-state index contributed by atoms with van der Waals surface area (Å²) in [7, 11) is 8.44. The second kappa shape index (κ2) is 8.59. The molecule has 152 valence electrons. The van der Waals surface area contributed by atoms with E-state index in [1.807, 2.05) is 25.2 Å². The maximum Gasteiger partial charge on any atom is 0.175 e. The molecule has 1 heterocycles. The Kier molecular flexibility index (Phi) is 6.37. The number of hydrogen-bond acceptors (Lipinski definition) is 6. The molecule has 0 saturated heterocycles. The molecular formula is C21H26BrNO5. The summed E-state index contributed by atoms with van der Waals surface area (Å²) in [6.45, 7) is 0.828. The number of hydrogen-bond donors (Lipinski definition) is 1. The van der Waals surface area contributed by atoms with Gasteiger partial charge in [0.1, 0.15) is 0 Å². The minimum Gasteiger partial charge on any atom is -0.493 e. The van der Waals surface area contributed by atoms with Gasteiger partial charge in [-0.15, -0.1) is 0 Å². The van der Waals surface area contributed by atoms with Crippen LogP contribution in [-0.2, 0) is 6.42 Å². The van der Waals surface area contributed by atoms with Gasteiger partial charge in [0, 0.05) is 12.1 Å². The van der Waals surface area contributed by atoms with Crippen LogP contribution >= 0.6 is 15.9 Å². The van der Waals surface area contributed by atoms with Crippen molar-refractivity contribution in [2.45, 2.75) is 18.6 Å². The Balaban J connectivity index is 2.09. The zero-order chi connectivity index (χ0) is 20.4. The first-order chi connectivity index (χ1) is 13.5. The Morgan fingerprint density at radius 3 is 2.25 bits per heavy atom. The lowest BCUT2D eigenvalue weighted by molar-refractivity contribution is 0.0551. The van der Waals surface area contributed by atoms with Gasteiger partial charge in [0.2, 0.25) is 0 Å². The lowest BCUT2D eigenvalue weighted by Crippen LogP contribution is -2.36. The number of fused-ring (bicyclic) bond motifs is 1. The van der Waals surface area contributed by atoms with Crippen molar-refractivity contribution in [1.29, 1.82) is 0 Å². The number of aliphatic hydroxyl groups excluding tert-OH is 1. The van der Waals surface area contributed by atoms with E-state index in [4.69, 9.17) is 18.9 Å². The maximum atomic E-state index is 11.4. The van der Waals surface area contributed by atoms with Crippen molar-refractivity contribution in [3.05, 3.63) is 45.4 Å². The average molecular weight is 452 g/mol. The maximum absolute atomic E-state index is 11.4. The van der Waals surface area contributed by atoms with E-state index < -0.39 is 6.10 Å². The van der Waals surface area contributed by atoms with E-state index in [9.17, 15) is 5.11 Å². The molecule has 1 N–H and O–H groups in total. The van der Waals surface area contributed by atoms with Crippen molar-refractivity contribution in [3.63, 3.8) is 0 Å². The van der Waals surface area contributed by atoms with Crippen LogP contribution in [0.3, 0.4) is 0 Å². The SMILES string of the molecule is COc1cc2c(cc1OC)[C@H]([C@H](O)c1ccc(OC)c(OC)c1Br)N(C)CC2. The van der Waals surface area contributed by atoms with Crippen LogP contribution in [-0.4, -0.2) is 52.0 Å². The first-order valence-corrected chi connectivity index (χ1v) is 9.79. The van der Waals surface area contributed by atoms with Gasteiger partial charge in [0.25, 0.3) is 0 Å². The van der Waals surface area contributed by atoms with Crippen LogP contribution in [0.15, 0.2) is 28.7 Å². The molecule has 7 heteroatoms. The Morgan fingerprint density at radius 2 is 1.64 bits per heavy atom. The Hall–Kier alpha value is -1.96. The molecule has 0 spiro atoms. The molecular weight excluding hydrogens is 426 g/mol. The number of ether oxygens (including phenoxy) is 4. The normalized spacial score (nSPS) is 17.6.